The Balaban J connectivity index is 1.66. The van der Waals surface area contributed by atoms with Crippen LogP contribution in [0.4, 0.5) is 5.69 Å². The van der Waals surface area contributed by atoms with Gasteiger partial charge in [0, 0.05) is 18.8 Å². The van der Waals surface area contributed by atoms with Crippen molar-refractivity contribution in [1.82, 2.24) is 4.90 Å². The maximum Gasteiger partial charge on any atom is 0.256 e. The topological polar surface area (TPSA) is 52.6 Å². The fourth-order valence-electron chi connectivity index (χ4n) is 3.37. The number of hydrogen-bond donors (Lipinski definition) is 2. The van der Waals surface area contributed by atoms with Gasteiger partial charge in [0.15, 0.2) is 0 Å². The minimum absolute atomic E-state index is 0.00925. The maximum absolute atomic E-state index is 12.9. The molecule has 1 heterocycles. The van der Waals surface area contributed by atoms with Gasteiger partial charge in [0.2, 0.25) is 0 Å². The first kappa shape index (κ1) is 17.5. The highest BCUT2D eigenvalue weighted by Gasteiger charge is 2.29. The molecule has 1 unspecified atom stereocenters. The number of anilines is 1. The van der Waals surface area contributed by atoms with Gasteiger partial charge in [-0.05, 0) is 43.9 Å². The standard InChI is InChI=1S/C21H26N2O2/c1-16-8-10-17(11-9-16)12-13-22-20-7-3-2-6-19(20)21(25)23-14-4-5-18(23)15-24/h2-3,6-11,18,22,24H,4-5,12-15H2,1H3. The molecule has 0 saturated carbocycles. The van der Waals surface area contributed by atoms with Crippen LogP contribution in [0.3, 0.4) is 0 Å². The van der Waals surface area contributed by atoms with E-state index in [9.17, 15) is 9.90 Å². The van der Waals surface area contributed by atoms with Gasteiger partial charge in [-0.25, -0.2) is 0 Å². The molecule has 2 aromatic carbocycles. The first-order valence-electron chi connectivity index (χ1n) is 8.99. The zero-order chi connectivity index (χ0) is 17.6. The van der Waals surface area contributed by atoms with E-state index < -0.39 is 0 Å². The molecule has 0 spiro atoms. The number of aliphatic hydroxyl groups excluding tert-OH is 1. The Labute approximate surface area is 149 Å². The summed E-state index contributed by atoms with van der Waals surface area (Å²) in [4.78, 5) is 14.7. The van der Waals surface area contributed by atoms with Gasteiger partial charge in [0.05, 0.1) is 18.2 Å². The van der Waals surface area contributed by atoms with Crippen molar-refractivity contribution >= 4 is 11.6 Å². The van der Waals surface area contributed by atoms with Crippen LogP contribution >= 0.6 is 0 Å². The lowest BCUT2D eigenvalue weighted by atomic mass is 10.1. The van der Waals surface area contributed by atoms with E-state index >= 15 is 0 Å². The molecule has 2 aromatic rings. The zero-order valence-corrected chi connectivity index (χ0v) is 14.7. The molecule has 1 aliphatic heterocycles. The smallest absolute Gasteiger partial charge is 0.256 e. The second-order valence-corrected chi connectivity index (χ2v) is 6.69. The van der Waals surface area contributed by atoms with Crippen LogP contribution in [-0.2, 0) is 6.42 Å². The normalized spacial score (nSPS) is 16.9. The number of nitrogens with one attached hydrogen (secondary N) is 1. The Morgan fingerprint density at radius 3 is 2.72 bits per heavy atom. The third kappa shape index (κ3) is 4.20. The predicted octanol–water partition coefficient (Wildman–Crippen LogP) is 3.25. The van der Waals surface area contributed by atoms with Crippen LogP contribution in [0.5, 0.6) is 0 Å². The van der Waals surface area contributed by atoms with E-state index in [1.165, 1.54) is 11.1 Å². The molecular formula is C21H26N2O2. The molecule has 1 aliphatic rings. The average molecular weight is 338 g/mol. The van der Waals surface area contributed by atoms with Crippen LogP contribution < -0.4 is 5.32 Å². The van der Waals surface area contributed by atoms with Gasteiger partial charge in [-0.1, -0.05) is 42.0 Å². The predicted molar refractivity (Wildman–Crippen MR) is 101 cm³/mol. The third-order valence-corrected chi connectivity index (χ3v) is 4.86. The van der Waals surface area contributed by atoms with Gasteiger partial charge in [-0.2, -0.15) is 0 Å². The molecule has 25 heavy (non-hydrogen) atoms. The number of rotatable bonds is 6. The van der Waals surface area contributed by atoms with Crippen molar-refractivity contribution < 1.29 is 9.90 Å². The second kappa shape index (κ2) is 8.17. The summed E-state index contributed by atoms with van der Waals surface area (Å²) < 4.78 is 0. The highest BCUT2D eigenvalue weighted by atomic mass is 16.3. The van der Waals surface area contributed by atoms with Crippen LogP contribution in [0.15, 0.2) is 48.5 Å². The number of benzene rings is 2. The average Bonchev–Trinajstić information content (AvgIpc) is 3.12. The lowest BCUT2D eigenvalue weighted by Crippen LogP contribution is -2.38. The lowest BCUT2D eigenvalue weighted by Gasteiger charge is -2.24. The monoisotopic (exact) mass is 338 g/mol. The Morgan fingerprint density at radius 2 is 1.96 bits per heavy atom. The molecule has 4 nitrogen and oxygen atoms in total. The van der Waals surface area contributed by atoms with Gasteiger partial charge in [-0.15, -0.1) is 0 Å². The third-order valence-electron chi connectivity index (χ3n) is 4.86. The number of amides is 1. The number of hydrogen-bond acceptors (Lipinski definition) is 3. The summed E-state index contributed by atoms with van der Waals surface area (Å²) in [6.45, 7) is 3.62. The fourth-order valence-corrected chi connectivity index (χ4v) is 3.37. The van der Waals surface area contributed by atoms with E-state index in [0.717, 1.165) is 38.0 Å². The lowest BCUT2D eigenvalue weighted by molar-refractivity contribution is 0.0678. The van der Waals surface area contributed by atoms with Crippen molar-refractivity contribution in [2.75, 3.05) is 25.0 Å². The molecule has 1 fully saturated rings. The van der Waals surface area contributed by atoms with E-state index in [0.29, 0.717) is 5.56 Å². The van der Waals surface area contributed by atoms with Crippen molar-refractivity contribution in [2.24, 2.45) is 0 Å². The Hall–Kier alpha value is -2.33. The second-order valence-electron chi connectivity index (χ2n) is 6.69. The summed E-state index contributed by atoms with van der Waals surface area (Å²) in [7, 11) is 0. The van der Waals surface area contributed by atoms with Crippen LogP contribution in [-0.4, -0.2) is 41.7 Å². The summed E-state index contributed by atoms with van der Waals surface area (Å²) in [5.41, 5.74) is 4.09. The van der Waals surface area contributed by atoms with E-state index in [-0.39, 0.29) is 18.6 Å². The highest BCUT2D eigenvalue weighted by molar-refractivity contribution is 6.00. The van der Waals surface area contributed by atoms with Gasteiger partial charge < -0.3 is 15.3 Å². The molecule has 1 atom stereocenters. The molecule has 3 rings (SSSR count). The van der Waals surface area contributed by atoms with E-state index in [1.807, 2.05) is 24.3 Å². The largest absolute Gasteiger partial charge is 0.394 e. The molecule has 1 amide bonds. The maximum atomic E-state index is 12.9. The molecule has 1 saturated heterocycles. The van der Waals surface area contributed by atoms with Gasteiger partial charge in [0.25, 0.3) is 5.91 Å². The van der Waals surface area contributed by atoms with Crippen LogP contribution in [0.2, 0.25) is 0 Å². The highest BCUT2D eigenvalue weighted by Crippen LogP contribution is 2.23. The summed E-state index contributed by atoms with van der Waals surface area (Å²) in [6, 6.07) is 16.1. The van der Waals surface area contributed by atoms with E-state index in [1.54, 1.807) is 4.90 Å². The Morgan fingerprint density at radius 1 is 1.20 bits per heavy atom. The summed E-state index contributed by atoms with van der Waals surface area (Å²) in [5.74, 6) is 0.00925. The van der Waals surface area contributed by atoms with Crippen molar-refractivity contribution in [3.05, 3.63) is 65.2 Å². The Bertz CT molecular complexity index is 712. The van der Waals surface area contributed by atoms with Crippen molar-refractivity contribution in [2.45, 2.75) is 32.2 Å². The molecule has 0 radical (unpaired) electrons. The molecule has 4 heteroatoms. The molecule has 0 aliphatic carbocycles. The first-order chi connectivity index (χ1) is 12.2. The number of nitrogens with zero attached hydrogens (tertiary/aromatic N) is 1. The SMILES string of the molecule is Cc1ccc(CCNc2ccccc2C(=O)N2CCCC2CO)cc1. The molecule has 132 valence electrons. The molecule has 0 aromatic heterocycles. The van der Waals surface area contributed by atoms with Crippen molar-refractivity contribution in [3.63, 3.8) is 0 Å². The summed E-state index contributed by atoms with van der Waals surface area (Å²) in [6.07, 6.45) is 2.75. The number of likely N-dealkylation sites (tertiary alicyclic amines) is 1. The van der Waals surface area contributed by atoms with Crippen molar-refractivity contribution in [1.29, 1.82) is 0 Å². The number of carbonyl (C=O) groups excluding carboxylic acids is 1. The number of carbonyl (C=O) groups is 1. The van der Waals surface area contributed by atoms with Crippen LogP contribution in [0, 0.1) is 6.92 Å². The van der Waals surface area contributed by atoms with Crippen LogP contribution in [0.1, 0.15) is 34.3 Å². The zero-order valence-electron chi connectivity index (χ0n) is 14.7. The molecular weight excluding hydrogens is 312 g/mol. The minimum atomic E-state index is -0.0480. The Kier molecular flexibility index (Phi) is 5.71. The quantitative estimate of drug-likeness (QED) is 0.850. The minimum Gasteiger partial charge on any atom is -0.394 e. The van der Waals surface area contributed by atoms with Gasteiger partial charge >= 0.3 is 0 Å². The van der Waals surface area contributed by atoms with Gasteiger partial charge in [-0.3, -0.25) is 4.79 Å². The summed E-state index contributed by atoms with van der Waals surface area (Å²) >= 11 is 0. The van der Waals surface area contributed by atoms with Gasteiger partial charge in [0.1, 0.15) is 0 Å². The van der Waals surface area contributed by atoms with Crippen LogP contribution in [0.25, 0.3) is 0 Å². The van der Waals surface area contributed by atoms with E-state index in [2.05, 4.69) is 36.5 Å². The molecule has 0 bridgehead atoms. The number of para-hydroxylation sites is 1. The summed E-state index contributed by atoms with van der Waals surface area (Å²) in [5, 5.41) is 12.9. The number of aliphatic hydroxyl groups is 1. The van der Waals surface area contributed by atoms with E-state index in [4.69, 9.17) is 0 Å². The van der Waals surface area contributed by atoms with Crippen molar-refractivity contribution in [3.8, 4) is 0 Å². The number of aryl methyl sites for hydroxylation is 1. The first-order valence-corrected chi connectivity index (χ1v) is 8.99. The molecule has 2 N–H and O–H groups in total. The fraction of sp³-hybridized carbons (Fsp3) is 0.381.